The van der Waals surface area contributed by atoms with Crippen molar-refractivity contribution in [2.24, 2.45) is 0 Å². The molecule has 2 aromatic carbocycles. The van der Waals surface area contributed by atoms with E-state index in [4.69, 9.17) is 4.74 Å². The van der Waals surface area contributed by atoms with E-state index < -0.39 is 0 Å². The Morgan fingerprint density at radius 1 is 1.05 bits per heavy atom. The predicted octanol–water partition coefficient (Wildman–Crippen LogP) is 3.93. The van der Waals surface area contributed by atoms with Crippen molar-refractivity contribution in [2.45, 2.75) is 13.8 Å². The lowest BCUT2D eigenvalue weighted by Crippen LogP contribution is -1.95. The van der Waals surface area contributed by atoms with E-state index in [1.807, 2.05) is 26.0 Å². The van der Waals surface area contributed by atoms with Crippen LogP contribution in [-0.4, -0.2) is 13.4 Å². The highest BCUT2D eigenvalue weighted by Gasteiger charge is 2.11. The number of aldehydes is 1. The second kappa shape index (κ2) is 5.22. The largest absolute Gasteiger partial charge is 0.496 e. The van der Waals surface area contributed by atoms with Crippen LogP contribution in [0.3, 0.4) is 0 Å². The van der Waals surface area contributed by atoms with Crippen LogP contribution < -0.4 is 4.74 Å². The minimum absolute atomic E-state index is 0.353. The fraction of sp³-hybridized carbons (Fsp3) is 0.188. The maximum Gasteiger partial charge on any atom is 0.150 e. The molecule has 0 atom stereocenters. The standard InChI is InChI=1S/C16H15FO2/c1-10-7-16(19-3)11(2)6-14(10)15-8-13(17)5-4-12(15)9-18/h4-9H,1-3H3. The van der Waals surface area contributed by atoms with Gasteiger partial charge in [-0.15, -0.1) is 0 Å². The van der Waals surface area contributed by atoms with Crippen molar-refractivity contribution in [1.82, 2.24) is 0 Å². The van der Waals surface area contributed by atoms with Gasteiger partial charge in [-0.3, -0.25) is 4.79 Å². The minimum atomic E-state index is -0.353. The number of carbonyl (C=O) groups excluding carboxylic acids is 1. The monoisotopic (exact) mass is 258 g/mol. The first-order valence-corrected chi connectivity index (χ1v) is 5.97. The van der Waals surface area contributed by atoms with Gasteiger partial charge in [0, 0.05) is 5.56 Å². The number of rotatable bonds is 3. The lowest BCUT2D eigenvalue weighted by molar-refractivity contribution is 0.112. The van der Waals surface area contributed by atoms with Crippen molar-refractivity contribution in [2.75, 3.05) is 7.11 Å². The molecule has 0 aliphatic rings. The third-order valence-corrected chi connectivity index (χ3v) is 3.17. The molecule has 0 heterocycles. The van der Waals surface area contributed by atoms with Gasteiger partial charge < -0.3 is 4.74 Å². The van der Waals surface area contributed by atoms with Crippen LogP contribution in [-0.2, 0) is 0 Å². The number of halogens is 1. The Kier molecular flexibility index (Phi) is 3.65. The molecule has 0 radical (unpaired) electrons. The molecule has 2 rings (SSSR count). The summed E-state index contributed by atoms with van der Waals surface area (Å²) in [5.41, 5.74) is 3.83. The lowest BCUT2D eigenvalue weighted by Gasteiger charge is -2.13. The molecule has 0 unspecified atom stereocenters. The molecular formula is C16H15FO2. The average Bonchev–Trinajstić information content (AvgIpc) is 2.40. The molecule has 0 N–H and O–H groups in total. The van der Waals surface area contributed by atoms with E-state index in [-0.39, 0.29) is 5.82 Å². The molecule has 0 amide bonds. The number of hydrogen-bond acceptors (Lipinski definition) is 2. The van der Waals surface area contributed by atoms with Crippen LogP contribution >= 0.6 is 0 Å². The summed E-state index contributed by atoms with van der Waals surface area (Å²) < 4.78 is 18.7. The third kappa shape index (κ3) is 2.50. The van der Waals surface area contributed by atoms with Crippen LogP contribution in [0.25, 0.3) is 11.1 Å². The molecule has 0 fully saturated rings. The zero-order chi connectivity index (χ0) is 14.0. The maximum absolute atomic E-state index is 13.4. The van der Waals surface area contributed by atoms with Crippen molar-refractivity contribution < 1.29 is 13.9 Å². The van der Waals surface area contributed by atoms with Gasteiger partial charge in [0.2, 0.25) is 0 Å². The van der Waals surface area contributed by atoms with Gasteiger partial charge in [-0.05, 0) is 66.4 Å². The van der Waals surface area contributed by atoms with Crippen LogP contribution in [0.15, 0.2) is 30.3 Å². The van der Waals surface area contributed by atoms with Crippen molar-refractivity contribution in [3.8, 4) is 16.9 Å². The molecule has 0 aliphatic carbocycles. The van der Waals surface area contributed by atoms with Crippen molar-refractivity contribution in [3.63, 3.8) is 0 Å². The molecule has 0 bridgehead atoms. The fourth-order valence-corrected chi connectivity index (χ4v) is 2.16. The van der Waals surface area contributed by atoms with E-state index in [0.29, 0.717) is 11.1 Å². The number of methoxy groups -OCH3 is 1. The molecule has 0 saturated carbocycles. The smallest absolute Gasteiger partial charge is 0.150 e. The summed E-state index contributed by atoms with van der Waals surface area (Å²) in [6.45, 7) is 3.83. The highest BCUT2D eigenvalue weighted by molar-refractivity contribution is 5.88. The van der Waals surface area contributed by atoms with Crippen LogP contribution in [0.4, 0.5) is 4.39 Å². The van der Waals surface area contributed by atoms with E-state index >= 15 is 0 Å². The summed E-state index contributed by atoms with van der Waals surface area (Å²) in [5, 5.41) is 0. The third-order valence-electron chi connectivity index (χ3n) is 3.17. The highest BCUT2D eigenvalue weighted by atomic mass is 19.1. The van der Waals surface area contributed by atoms with Crippen LogP contribution in [0.2, 0.25) is 0 Å². The first-order valence-electron chi connectivity index (χ1n) is 5.97. The molecule has 0 saturated heterocycles. The molecule has 0 aliphatic heterocycles. The second-order valence-corrected chi connectivity index (χ2v) is 4.49. The fourth-order valence-electron chi connectivity index (χ4n) is 2.16. The van der Waals surface area contributed by atoms with Gasteiger partial charge in [0.05, 0.1) is 7.11 Å². The van der Waals surface area contributed by atoms with Gasteiger partial charge in [0.1, 0.15) is 11.6 Å². The van der Waals surface area contributed by atoms with Crippen molar-refractivity contribution >= 4 is 6.29 Å². The molecule has 0 spiro atoms. The Hall–Kier alpha value is -2.16. The maximum atomic E-state index is 13.4. The zero-order valence-corrected chi connectivity index (χ0v) is 11.2. The van der Waals surface area contributed by atoms with Gasteiger partial charge in [0.25, 0.3) is 0 Å². The van der Waals surface area contributed by atoms with Gasteiger partial charge in [0.15, 0.2) is 6.29 Å². The normalized spacial score (nSPS) is 10.3. The van der Waals surface area contributed by atoms with Gasteiger partial charge in [-0.25, -0.2) is 4.39 Å². The summed E-state index contributed by atoms with van der Waals surface area (Å²) in [7, 11) is 1.61. The van der Waals surface area contributed by atoms with Crippen molar-refractivity contribution in [1.29, 1.82) is 0 Å². The Morgan fingerprint density at radius 3 is 2.42 bits per heavy atom. The number of ether oxygens (including phenoxy) is 1. The van der Waals surface area contributed by atoms with Crippen molar-refractivity contribution in [3.05, 3.63) is 52.8 Å². The Morgan fingerprint density at radius 2 is 1.79 bits per heavy atom. The molecule has 2 nitrogen and oxygen atoms in total. The first-order chi connectivity index (χ1) is 9.06. The predicted molar refractivity (Wildman–Crippen MR) is 73.2 cm³/mol. The first kappa shape index (κ1) is 13.3. The summed E-state index contributed by atoms with van der Waals surface area (Å²) in [5.74, 6) is 0.429. The summed E-state index contributed by atoms with van der Waals surface area (Å²) in [4.78, 5) is 11.1. The van der Waals surface area contributed by atoms with Gasteiger partial charge >= 0.3 is 0 Å². The van der Waals surface area contributed by atoms with E-state index in [2.05, 4.69) is 0 Å². The van der Waals surface area contributed by atoms with E-state index in [1.165, 1.54) is 18.2 Å². The van der Waals surface area contributed by atoms with Gasteiger partial charge in [-0.1, -0.05) is 0 Å². The molecule has 19 heavy (non-hydrogen) atoms. The summed E-state index contributed by atoms with van der Waals surface area (Å²) in [6, 6.07) is 7.98. The Bertz CT molecular complexity index is 633. The Balaban J connectivity index is 2.68. The van der Waals surface area contributed by atoms with Crippen LogP contribution in [0.1, 0.15) is 21.5 Å². The molecule has 98 valence electrons. The molecule has 3 heteroatoms. The molecule has 2 aromatic rings. The Labute approximate surface area is 111 Å². The van der Waals surface area contributed by atoms with E-state index in [0.717, 1.165) is 28.7 Å². The minimum Gasteiger partial charge on any atom is -0.496 e. The zero-order valence-electron chi connectivity index (χ0n) is 11.2. The summed E-state index contributed by atoms with van der Waals surface area (Å²) >= 11 is 0. The molecular weight excluding hydrogens is 243 g/mol. The van der Waals surface area contributed by atoms with Crippen LogP contribution in [0, 0.1) is 19.7 Å². The van der Waals surface area contributed by atoms with E-state index in [1.54, 1.807) is 7.11 Å². The van der Waals surface area contributed by atoms with Gasteiger partial charge in [-0.2, -0.15) is 0 Å². The highest BCUT2D eigenvalue weighted by Crippen LogP contribution is 2.32. The number of aryl methyl sites for hydroxylation is 2. The topological polar surface area (TPSA) is 26.3 Å². The SMILES string of the molecule is COc1cc(C)c(-c2cc(F)ccc2C=O)cc1C. The number of carbonyl (C=O) groups is 1. The summed E-state index contributed by atoms with van der Waals surface area (Å²) in [6.07, 6.45) is 0.744. The van der Waals surface area contributed by atoms with Crippen LogP contribution in [0.5, 0.6) is 5.75 Å². The average molecular weight is 258 g/mol. The second-order valence-electron chi connectivity index (χ2n) is 4.49. The molecule has 0 aromatic heterocycles. The quantitative estimate of drug-likeness (QED) is 0.780. The number of hydrogen-bond donors (Lipinski definition) is 0. The van der Waals surface area contributed by atoms with E-state index in [9.17, 15) is 9.18 Å². The number of benzene rings is 2. The lowest BCUT2D eigenvalue weighted by atomic mass is 9.94.